The lowest BCUT2D eigenvalue weighted by atomic mass is 9.95. The maximum absolute atomic E-state index is 2.49. The second kappa shape index (κ2) is 11.8. The van der Waals surface area contributed by atoms with Gasteiger partial charge in [0, 0.05) is 33.1 Å². The van der Waals surface area contributed by atoms with E-state index in [0.717, 1.165) is 29.2 Å². The van der Waals surface area contributed by atoms with Crippen LogP contribution >= 0.6 is 0 Å². The van der Waals surface area contributed by atoms with Gasteiger partial charge >= 0.3 is 0 Å². The number of hydrogen-bond donors (Lipinski definition) is 0. The molecule has 0 unspecified atom stereocenters. The van der Waals surface area contributed by atoms with E-state index in [1.54, 1.807) is 0 Å². The maximum atomic E-state index is 2.49. The van der Waals surface area contributed by atoms with Gasteiger partial charge in [-0.3, -0.25) is 0 Å². The summed E-state index contributed by atoms with van der Waals surface area (Å²) in [5.74, 6) is 0. The van der Waals surface area contributed by atoms with Crippen LogP contribution in [-0.2, 0) is 6.42 Å². The van der Waals surface area contributed by atoms with Crippen molar-refractivity contribution in [3.63, 3.8) is 0 Å². The zero-order valence-corrected chi connectivity index (χ0v) is 29.1. The predicted octanol–water partition coefficient (Wildman–Crippen LogP) is 13.8. The lowest BCUT2D eigenvalue weighted by Crippen LogP contribution is -2.12. The van der Waals surface area contributed by atoms with E-state index >= 15 is 0 Å². The second-order valence-corrected chi connectivity index (χ2v) is 14.1. The van der Waals surface area contributed by atoms with Crippen LogP contribution in [0.2, 0.25) is 0 Å². The Labute approximate surface area is 308 Å². The highest BCUT2D eigenvalue weighted by Crippen LogP contribution is 2.47. The second-order valence-electron chi connectivity index (χ2n) is 14.1. The molecular formula is C51H34N2. The first-order chi connectivity index (χ1) is 26.3. The Kier molecular flexibility index (Phi) is 6.65. The van der Waals surface area contributed by atoms with Gasteiger partial charge in [-0.05, 0) is 92.9 Å². The zero-order chi connectivity index (χ0) is 34.9. The third-order valence-corrected chi connectivity index (χ3v) is 11.2. The number of aromatic nitrogens is 1. The SMILES string of the molecule is c1cc(N(c2ccccc2-c2ccc3c(c2)Cc2ccccc2-3)c2cc3ccccc3c3ccccc23)cc(-n2c3ccccc3c3ccccc32)c1. The van der Waals surface area contributed by atoms with Gasteiger partial charge < -0.3 is 9.47 Å². The molecule has 9 aromatic carbocycles. The minimum absolute atomic E-state index is 0.960. The molecule has 11 rings (SSSR count). The molecule has 0 radical (unpaired) electrons. The molecule has 2 heteroatoms. The number of anilines is 3. The zero-order valence-electron chi connectivity index (χ0n) is 29.1. The molecule has 0 spiro atoms. The van der Waals surface area contributed by atoms with Crippen LogP contribution in [0.1, 0.15) is 11.1 Å². The molecule has 1 aliphatic rings. The summed E-state index contributed by atoms with van der Waals surface area (Å²) in [5.41, 5.74) is 14.8. The molecule has 2 nitrogen and oxygen atoms in total. The normalized spacial score (nSPS) is 12.1. The minimum Gasteiger partial charge on any atom is -0.309 e. The molecule has 53 heavy (non-hydrogen) atoms. The molecule has 1 heterocycles. The third-order valence-electron chi connectivity index (χ3n) is 11.2. The van der Waals surface area contributed by atoms with Crippen molar-refractivity contribution < 1.29 is 0 Å². The van der Waals surface area contributed by atoms with Crippen LogP contribution in [0, 0.1) is 0 Å². The van der Waals surface area contributed by atoms with Crippen molar-refractivity contribution in [3.8, 4) is 27.9 Å². The lowest BCUT2D eigenvalue weighted by Gasteiger charge is -2.30. The molecular weight excluding hydrogens is 641 g/mol. The van der Waals surface area contributed by atoms with E-state index in [1.807, 2.05) is 0 Å². The first kappa shape index (κ1) is 29.8. The Morgan fingerprint density at radius 3 is 1.81 bits per heavy atom. The smallest absolute Gasteiger partial charge is 0.0546 e. The summed E-state index contributed by atoms with van der Waals surface area (Å²) in [7, 11) is 0. The number of rotatable bonds is 5. The summed E-state index contributed by atoms with van der Waals surface area (Å²) in [5, 5.41) is 7.46. The first-order valence-corrected chi connectivity index (χ1v) is 18.4. The molecule has 0 amide bonds. The Bertz CT molecular complexity index is 3000. The predicted molar refractivity (Wildman–Crippen MR) is 224 cm³/mol. The lowest BCUT2D eigenvalue weighted by molar-refractivity contribution is 1.17. The summed E-state index contributed by atoms with van der Waals surface area (Å²) in [6.45, 7) is 0. The van der Waals surface area contributed by atoms with Crippen molar-refractivity contribution in [2.45, 2.75) is 6.42 Å². The molecule has 0 aliphatic heterocycles. The summed E-state index contributed by atoms with van der Waals surface area (Å²) < 4.78 is 2.41. The number of para-hydroxylation sites is 3. The average molecular weight is 675 g/mol. The van der Waals surface area contributed by atoms with E-state index in [-0.39, 0.29) is 0 Å². The molecule has 1 aliphatic carbocycles. The van der Waals surface area contributed by atoms with E-state index in [2.05, 4.69) is 204 Å². The van der Waals surface area contributed by atoms with Crippen molar-refractivity contribution in [1.29, 1.82) is 0 Å². The highest BCUT2D eigenvalue weighted by Gasteiger charge is 2.23. The highest BCUT2D eigenvalue weighted by atomic mass is 15.1. The number of hydrogen-bond acceptors (Lipinski definition) is 1. The van der Waals surface area contributed by atoms with Crippen LogP contribution in [0.4, 0.5) is 17.1 Å². The third kappa shape index (κ3) is 4.66. The molecule has 0 saturated heterocycles. The van der Waals surface area contributed by atoms with Crippen molar-refractivity contribution in [3.05, 3.63) is 205 Å². The molecule has 0 fully saturated rings. The maximum Gasteiger partial charge on any atom is 0.0546 e. The van der Waals surface area contributed by atoms with Crippen molar-refractivity contribution in [2.75, 3.05) is 4.90 Å². The largest absolute Gasteiger partial charge is 0.309 e. The van der Waals surface area contributed by atoms with Gasteiger partial charge in [-0.25, -0.2) is 0 Å². The Morgan fingerprint density at radius 1 is 0.377 bits per heavy atom. The van der Waals surface area contributed by atoms with E-state index in [4.69, 9.17) is 0 Å². The van der Waals surface area contributed by atoms with Crippen molar-refractivity contribution in [1.82, 2.24) is 4.57 Å². The molecule has 0 N–H and O–H groups in total. The van der Waals surface area contributed by atoms with Crippen LogP contribution < -0.4 is 4.90 Å². The van der Waals surface area contributed by atoms with Crippen molar-refractivity contribution >= 4 is 60.4 Å². The fourth-order valence-corrected chi connectivity index (χ4v) is 8.82. The minimum atomic E-state index is 0.960. The average Bonchev–Trinajstić information content (AvgIpc) is 3.77. The molecule has 248 valence electrons. The number of benzene rings is 9. The van der Waals surface area contributed by atoms with E-state index in [1.165, 1.54) is 76.7 Å². The Balaban J connectivity index is 1.17. The number of nitrogens with zero attached hydrogens (tertiary/aromatic N) is 2. The molecule has 0 bridgehead atoms. The topological polar surface area (TPSA) is 8.17 Å². The van der Waals surface area contributed by atoms with Gasteiger partial charge in [0.2, 0.25) is 0 Å². The molecule has 1 aromatic heterocycles. The van der Waals surface area contributed by atoms with Crippen LogP contribution in [-0.4, -0.2) is 4.57 Å². The van der Waals surface area contributed by atoms with Gasteiger partial charge in [0.25, 0.3) is 0 Å². The fourth-order valence-electron chi connectivity index (χ4n) is 8.82. The summed E-state index contributed by atoms with van der Waals surface area (Å²) in [6, 6.07) is 71.3. The first-order valence-electron chi connectivity index (χ1n) is 18.4. The molecule has 0 saturated carbocycles. The Hall–Kier alpha value is -6.90. The van der Waals surface area contributed by atoms with E-state index in [0.29, 0.717) is 0 Å². The van der Waals surface area contributed by atoms with Crippen LogP contribution in [0.25, 0.3) is 71.3 Å². The Morgan fingerprint density at radius 2 is 1.00 bits per heavy atom. The van der Waals surface area contributed by atoms with Gasteiger partial charge in [-0.15, -0.1) is 0 Å². The van der Waals surface area contributed by atoms with Crippen LogP contribution in [0.5, 0.6) is 0 Å². The van der Waals surface area contributed by atoms with Gasteiger partial charge in [-0.2, -0.15) is 0 Å². The van der Waals surface area contributed by atoms with E-state index in [9.17, 15) is 0 Å². The summed E-state index contributed by atoms with van der Waals surface area (Å²) in [4.78, 5) is 2.49. The highest BCUT2D eigenvalue weighted by molar-refractivity contribution is 6.15. The summed E-state index contributed by atoms with van der Waals surface area (Å²) >= 11 is 0. The number of fused-ring (bicyclic) bond motifs is 9. The van der Waals surface area contributed by atoms with E-state index < -0.39 is 0 Å². The summed E-state index contributed by atoms with van der Waals surface area (Å²) in [6.07, 6.45) is 0.960. The molecule has 0 atom stereocenters. The fraction of sp³-hybridized carbons (Fsp3) is 0.0196. The van der Waals surface area contributed by atoms with Gasteiger partial charge in [0.15, 0.2) is 0 Å². The standard InChI is InChI=1S/C51H34N2/c1-3-18-40-34(14-1)30-37-31-36(28-29-42(37)40)43-20-7-10-25-48(43)53(51-32-35-15-2-4-19-41(35)44-21-5-6-22-45(44)51)39-17-13-16-38(33-39)52-49-26-11-8-23-46(49)47-24-9-12-27-50(47)52/h1-29,31-33H,30H2. The van der Waals surface area contributed by atoms with Gasteiger partial charge in [0.05, 0.1) is 22.4 Å². The molecule has 10 aromatic rings. The monoisotopic (exact) mass is 674 g/mol. The van der Waals surface area contributed by atoms with Crippen LogP contribution in [0.15, 0.2) is 194 Å². The van der Waals surface area contributed by atoms with Crippen molar-refractivity contribution in [2.24, 2.45) is 0 Å². The van der Waals surface area contributed by atoms with Crippen LogP contribution in [0.3, 0.4) is 0 Å². The van der Waals surface area contributed by atoms with Gasteiger partial charge in [0.1, 0.15) is 0 Å². The quantitative estimate of drug-likeness (QED) is 0.165. The van der Waals surface area contributed by atoms with Gasteiger partial charge in [-0.1, -0.05) is 152 Å².